The molecule has 4 aromatic rings. The van der Waals surface area contributed by atoms with Crippen molar-refractivity contribution in [2.75, 3.05) is 18.5 Å². The first-order valence-electron chi connectivity index (χ1n) is 12.6. The maximum atomic E-state index is 14.0. The zero-order valence-electron chi connectivity index (χ0n) is 22.0. The number of carbonyl (C=O) groups excluding carboxylic acids is 3. The number of benzene rings is 1. The smallest absolute Gasteiger partial charge is 0.347 e. The second kappa shape index (κ2) is 10.2. The number of nitrogens with one attached hydrogen (secondary N) is 2. The third-order valence-electron chi connectivity index (χ3n) is 6.93. The van der Waals surface area contributed by atoms with Gasteiger partial charge < -0.3 is 19.9 Å². The molecule has 40 heavy (non-hydrogen) atoms. The lowest BCUT2D eigenvalue weighted by molar-refractivity contribution is -0.120. The molecule has 0 aliphatic carbocycles. The van der Waals surface area contributed by atoms with Crippen LogP contribution in [0.5, 0.6) is 5.75 Å². The topological polar surface area (TPSA) is 162 Å². The van der Waals surface area contributed by atoms with E-state index < -0.39 is 40.6 Å². The van der Waals surface area contributed by atoms with Crippen LogP contribution in [0.25, 0.3) is 5.65 Å². The van der Waals surface area contributed by atoms with Gasteiger partial charge in [0.05, 0.1) is 5.56 Å². The van der Waals surface area contributed by atoms with Gasteiger partial charge in [0, 0.05) is 38.4 Å². The Morgan fingerprint density at radius 2 is 1.80 bits per heavy atom. The van der Waals surface area contributed by atoms with Crippen LogP contribution in [0.3, 0.4) is 0 Å². The number of H-pyrrole nitrogens is 1. The zero-order chi connectivity index (χ0) is 28.7. The van der Waals surface area contributed by atoms with E-state index in [0.29, 0.717) is 12.1 Å². The first kappa shape index (κ1) is 26.4. The Labute approximate surface area is 227 Å². The highest BCUT2D eigenvalue weighted by Gasteiger charge is 2.35. The highest BCUT2D eigenvalue weighted by atomic mass is 16.3. The summed E-state index contributed by atoms with van der Waals surface area (Å²) in [6, 6.07) is 11.2. The van der Waals surface area contributed by atoms with Crippen LogP contribution in [0.2, 0.25) is 0 Å². The molecule has 4 heterocycles. The molecule has 3 aromatic heterocycles. The van der Waals surface area contributed by atoms with Crippen molar-refractivity contribution in [1.82, 2.24) is 29.4 Å². The normalized spacial score (nSPS) is 13.8. The Kier molecular flexibility index (Phi) is 6.71. The highest BCUT2D eigenvalue weighted by molar-refractivity contribution is 6.05. The highest BCUT2D eigenvalue weighted by Crippen LogP contribution is 2.28. The molecule has 0 unspecified atom stereocenters. The van der Waals surface area contributed by atoms with E-state index in [1.165, 1.54) is 44.1 Å². The first-order valence-corrected chi connectivity index (χ1v) is 12.6. The van der Waals surface area contributed by atoms with Crippen LogP contribution in [0.1, 0.15) is 46.3 Å². The largest absolute Gasteiger partial charge is 0.503 e. The number of nitrogens with zero attached hydrogens (tertiary/aromatic N) is 5. The van der Waals surface area contributed by atoms with E-state index in [1.807, 2.05) is 13.8 Å². The fourth-order valence-electron chi connectivity index (χ4n) is 4.84. The van der Waals surface area contributed by atoms with E-state index in [-0.39, 0.29) is 35.3 Å². The number of fused-ring (bicyclic) bond motifs is 2. The number of hydrogen-bond acceptors (Lipinski definition) is 7. The van der Waals surface area contributed by atoms with E-state index in [4.69, 9.17) is 0 Å². The maximum Gasteiger partial charge on any atom is 0.347 e. The molecule has 13 heteroatoms. The Bertz CT molecular complexity index is 1750. The SMILES string of the molecule is CC(C)N1CCn2c(N(C)C(=O)[C@H](NC(=O)c3cccn4c(=O)[nH]nc34)c3ccccc3)cc(=O)c(O)c2C1=O. The molecule has 0 radical (unpaired) electrons. The summed E-state index contributed by atoms with van der Waals surface area (Å²) in [6.45, 7) is 4.20. The van der Waals surface area contributed by atoms with Gasteiger partial charge in [-0.3, -0.25) is 24.1 Å². The van der Waals surface area contributed by atoms with Crippen LogP contribution in [-0.4, -0.2) is 66.5 Å². The van der Waals surface area contributed by atoms with Gasteiger partial charge in [0.1, 0.15) is 11.9 Å². The van der Waals surface area contributed by atoms with Crippen molar-refractivity contribution in [2.45, 2.75) is 32.5 Å². The van der Waals surface area contributed by atoms with Gasteiger partial charge in [0.25, 0.3) is 17.7 Å². The fourth-order valence-corrected chi connectivity index (χ4v) is 4.84. The van der Waals surface area contributed by atoms with Gasteiger partial charge in [-0.2, -0.15) is 5.10 Å². The van der Waals surface area contributed by atoms with Gasteiger partial charge in [-0.25, -0.2) is 14.3 Å². The summed E-state index contributed by atoms with van der Waals surface area (Å²) in [7, 11) is 1.43. The quantitative estimate of drug-likeness (QED) is 0.324. The Morgan fingerprint density at radius 1 is 1.07 bits per heavy atom. The second-order valence-electron chi connectivity index (χ2n) is 9.67. The number of carbonyl (C=O) groups is 3. The van der Waals surface area contributed by atoms with Crippen LogP contribution >= 0.6 is 0 Å². The average Bonchev–Trinajstić information content (AvgIpc) is 3.33. The van der Waals surface area contributed by atoms with E-state index in [2.05, 4.69) is 15.5 Å². The molecule has 13 nitrogen and oxygen atoms in total. The van der Waals surface area contributed by atoms with Crippen molar-refractivity contribution in [3.8, 4) is 5.75 Å². The van der Waals surface area contributed by atoms with Crippen molar-refractivity contribution in [1.29, 1.82) is 0 Å². The number of amides is 3. The zero-order valence-corrected chi connectivity index (χ0v) is 22.0. The standard InChI is InChI=1S/C27H27N7O6/c1-15(2)32-12-13-33-19(14-18(35)22(36)21(33)26(32)39)31(3)25(38)20(16-8-5-4-6-9-16)28-24(37)17-10-7-11-34-23(17)29-30-27(34)40/h4-11,14-15,20,36H,12-13H2,1-3H3,(H,28,37)(H,30,40)/t20-/m1/s1. The Balaban J connectivity index is 1.55. The monoisotopic (exact) mass is 545 g/mol. The molecule has 1 atom stereocenters. The summed E-state index contributed by atoms with van der Waals surface area (Å²) < 4.78 is 2.61. The third-order valence-corrected chi connectivity index (χ3v) is 6.93. The third kappa shape index (κ3) is 4.40. The molecule has 3 amide bonds. The molecule has 206 valence electrons. The van der Waals surface area contributed by atoms with Gasteiger partial charge in [-0.1, -0.05) is 30.3 Å². The maximum absolute atomic E-state index is 14.0. The van der Waals surface area contributed by atoms with Gasteiger partial charge in [-0.15, -0.1) is 0 Å². The molecule has 0 saturated heterocycles. The van der Waals surface area contributed by atoms with Crippen molar-refractivity contribution < 1.29 is 19.5 Å². The summed E-state index contributed by atoms with van der Waals surface area (Å²) in [4.78, 5) is 67.9. The summed E-state index contributed by atoms with van der Waals surface area (Å²) in [5.41, 5.74) is -0.914. The lowest BCUT2D eigenvalue weighted by Gasteiger charge is -2.36. The first-order chi connectivity index (χ1) is 19.1. The van der Waals surface area contributed by atoms with Gasteiger partial charge in [0.15, 0.2) is 17.1 Å². The van der Waals surface area contributed by atoms with E-state index >= 15 is 0 Å². The number of aromatic nitrogens is 4. The molecule has 0 bridgehead atoms. The second-order valence-corrected chi connectivity index (χ2v) is 9.67. The van der Waals surface area contributed by atoms with Gasteiger partial charge in [0.2, 0.25) is 5.43 Å². The average molecular weight is 546 g/mol. The predicted molar refractivity (Wildman–Crippen MR) is 144 cm³/mol. The molecule has 0 saturated carbocycles. The minimum Gasteiger partial charge on any atom is -0.503 e. The lowest BCUT2D eigenvalue weighted by Crippen LogP contribution is -2.47. The number of aromatic hydroxyl groups is 1. The Morgan fingerprint density at radius 3 is 2.50 bits per heavy atom. The van der Waals surface area contributed by atoms with E-state index in [9.17, 15) is 29.1 Å². The molecular weight excluding hydrogens is 518 g/mol. The van der Waals surface area contributed by atoms with E-state index in [0.717, 1.165) is 6.07 Å². The van der Waals surface area contributed by atoms with Crippen LogP contribution in [0, 0.1) is 0 Å². The summed E-state index contributed by atoms with van der Waals surface area (Å²) in [6.07, 6.45) is 1.46. The van der Waals surface area contributed by atoms with Crippen molar-refractivity contribution in [3.05, 3.63) is 92.3 Å². The van der Waals surface area contributed by atoms with Crippen molar-refractivity contribution in [2.24, 2.45) is 0 Å². The van der Waals surface area contributed by atoms with Crippen molar-refractivity contribution >= 4 is 29.2 Å². The minimum atomic E-state index is -1.21. The molecule has 3 N–H and O–H groups in total. The number of anilines is 1. The van der Waals surface area contributed by atoms with E-state index in [1.54, 1.807) is 30.3 Å². The molecule has 0 fully saturated rings. The molecular formula is C27H27N7O6. The molecule has 5 rings (SSSR count). The fraction of sp³-hybridized carbons (Fsp3) is 0.259. The minimum absolute atomic E-state index is 0.0647. The number of aromatic amines is 1. The summed E-state index contributed by atoms with van der Waals surface area (Å²) >= 11 is 0. The number of likely N-dealkylation sites (N-methyl/N-ethyl adjacent to an activating group) is 1. The van der Waals surface area contributed by atoms with Crippen LogP contribution in [-0.2, 0) is 11.3 Å². The van der Waals surface area contributed by atoms with Gasteiger partial charge >= 0.3 is 5.69 Å². The van der Waals surface area contributed by atoms with Crippen LogP contribution in [0.4, 0.5) is 5.82 Å². The number of rotatable bonds is 6. The van der Waals surface area contributed by atoms with Crippen LogP contribution in [0.15, 0.2) is 64.3 Å². The van der Waals surface area contributed by atoms with Crippen molar-refractivity contribution in [3.63, 3.8) is 0 Å². The predicted octanol–water partition coefficient (Wildman–Crippen LogP) is 0.888. The van der Waals surface area contributed by atoms with Crippen LogP contribution < -0.4 is 21.3 Å². The summed E-state index contributed by atoms with van der Waals surface area (Å²) in [5.74, 6) is -2.38. The Hall–Kier alpha value is -5.20. The molecule has 1 aliphatic rings. The molecule has 1 aromatic carbocycles. The lowest BCUT2D eigenvalue weighted by atomic mass is 10.0. The summed E-state index contributed by atoms with van der Waals surface area (Å²) in [5, 5.41) is 19.4. The number of hydrogen-bond donors (Lipinski definition) is 3. The van der Waals surface area contributed by atoms with Gasteiger partial charge in [-0.05, 0) is 31.5 Å². The number of pyridine rings is 2. The molecule has 0 spiro atoms. The molecule has 1 aliphatic heterocycles.